The Balaban J connectivity index is 0.837. The molecule has 0 unspecified atom stereocenters. The Morgan fingerprint density at radius 2 is 0.672 bits per heavy atom. The molecule has 0 aliphatic carbocycles. The van der Waals surface area contributed by atoms with Gasteiger partial charge in [-0.25, -0.2) is 9.97 Å². The molecule has 2 aliphatic rings. The van der Waals surface area contributed by atoms with Crippen LogP contribution in [0, 0.1) is 0 Å². The van der Waals surface area contributed by atoms with E-state index in [0.29, 0.717) is 34.0 Å². The van der Waals surface area contributed by atoms with Crippen molar-refractivity contribution in [2.24, 2.45) is 0 Å². The van der Waals surface area contributed by atoms with Crippen LogP contribution in [0.5, 0.6) is 11.5 Å². The number of hydrogen-bond donors (Lipinski definition) is 0. The number of benzene rings is 8. The van der Waals surface area contributed by atoms with Crippen molar-refractivity contribution in [3.63, 3.8) is 0 Å². The van der Waals surface area contributed by atoms with Gasteiger partial charge in [-0.2, -0.15) is 0 Å². The Labute approximate surface area is 333 Å². The van der Waals surface area contributed by atoms with E-state index in [1.54, 1.807) is 0 Å². The van der Waals surface area contributed by atoms with Crippen LogP contribution in [0.15, 0.2) is 197 Å². The minimum Gasteiger partial charge on any atom is -0.453 e. The number of oxazole rings is 2. The van der Waals surface area contributed by atoms with Gasteiger partial charge >= 0.3 is 0 Å². The fourth-order valence-electron chi connectivity index (χ4n) is 8.16. The summed E-state index contributed by atoms with van der Waals surface area (Å²) in [6.45, 7) is 0. The van der Waals surface area contributed by atoms with E-state index < -0.39 is 0 Å². The number of ether oxygens (including phenoxy) is 1. The van der Waals surface area contributed by atoms with Crippen LogP contribution < -0.4 is 19.4 Å². The van der Waals surface area contributed by atoms with Gasteiger partial charge in [0, 0.05) is 40.3 Å². The van der Waals surface area contributed by atoms with Crippen LogP contribution >= 0.6 is 0 Å². The molecule has 8 aromatic carbocycles. The quantitative estimate of drug-likeness (QED) is 0.172. The van der Waals surface area contributed by atoms with Crippen molar-refractivity contribution in [1.82, 2.24) is 9.97 Å². The van der Waals surface area contributed by atoms with Crippen molar-refractivity contribution in [2.45, 2.75) is 0 Å². The normalized spacial score (nSPS) is 12.9. The maximum Gasteiger partial charge on any atom is 0.227 e. The highest BCUT2D eigenvalue weighted by molar-refractivity contribution is 6.01. The highest BCUT2D eigenvalue weighted by Crippen LogP contribution is 2.54. The Hall–Kier alpha value is -8.10. The first-order chi connectivity index (χ1) is 28.7. The third-order valence-electron chi connectivity index (χ3n) is 10.8. The standard InChI is InChI=1S/C50H31N5O3/c1-2-12-34(13-3-1)53-39-14-4-6-16-41(39)54(42-17-7-5-15-40(42)53)35-26-22-32(23-27-35)49-51-37-30-48-38(31-47(37)57-49)52-50(58-48)33-24-28-36(29-25-33)55-43-18-8-10-20-45(43)56-46-21-11-9-19-44(46)55/h1-31H. The third-order valence-corrected chi connectivity index (χ3v) is 10.8. The van der Waals surface area contributed by atoms with E-state index in [-0.39, 0.29) is 0 Å². The van der Waals surface area contributed by atoms with Gasteiger partial charge in [-0.15, -0.1) is 0 Å². The van der Waals surface area contributed by atoms with Gasteiger partial charge in [0.2, 0.25) is 11.8 Å². The van der Waals surface area contributed by atoms with E-state index in [2.05, 4.69) is 136 Å². The highest BCUT2D eigenvalue weighted by atomic mass is 16.5. The van der Waals surface area contributed by atoms with Gasteiger partial charge in [0.15, 0.2) is 22.7 Å². The van der Waals surface area contributed by atoms with Crippen molar-refractivity contribution in [3.05, 3.63) is 188 Å². The van der Waals surface area contributed by atoms with Gasteiger partial charge in [-0.1, -0.05) is 66.7 Å². The minimum absolute atomic E-state index is 0.528. The molecule has 12 rings (SSSR count). The first-order valence-corrected chi connectivity index (χ1v) is 19.1. The summed E-state index contributed by atoms with van der Waals surface area (Å²) in [5.41, 5.74) is 14.0. The zero-order valence-corrected chi connectivity index (χ0v) is 30.9. The largest absolute Gasteiger partial charge is 0.453 e. The van der Waals surface area contributed by atoms with Crippen LogP contribution in [0.25, 0.3) is 45.1 Å². The molecule has 2 aromatic heterocycles. The summed E-state index contributed by atoms with van der Waals surface area (Å²) in [5, 5.41) is 0. The lowest BCUT2D eigenvalue weighted by Crippen LogP contribution is -2.23. The third kappa shape index (κ3) is 5.09. The van der Waals surface area contributed by atoms with E-state index in [1.165, 1.54) is 0 Å². The average molecular weight is 750 g/mol. The molecule has 0 saturated carbocycles. The second kappa shape index (κ2) is 12.7. The lowest BCUT2D eigenvalue weighted by Gasteiger charge is -2.40. The first kappa shape index (κ1) is 32.2. The van der Waals surface area contributed by atoms with Gasteiger partial charge in [-0.3, -0.25) is 0 Å². The number of hydrogen-bond acceptors (Lipinski definition) is 8. The molecule has 0 radical (unpaired) electrons. The zero-order valence-electron chi connectivity index (χ0n) is 30.9. The monoisotopic (exact) mass is 749 g/mol. The molecule has 0 N–H and O–H groups in total. The van der Waals surface area contributed by atoms with E-state index >= 15 is 0 Å². The second-order valence-corrected chi connectivity index (χ2v) is 14.3. The van der Waals surface area contributed by atoms with E-state index in [0.717, 1.165) is 73.8 Å². The van der Waals surface area contributed by atoms with Crippen LogP contribution in [0.1, 0.15) is 0 Å². The maximum absolute atomic E-state index is 6.35. The molecule has 274 valence electrons. The lowest BCUT2D eigenvalue weighted by atomic mass is 10.0. The molecular weight excluding hydrogens is 719 g/mol. The molecule has 8 heteroatoms. The summed E-state index contributed by atoms with van der Waals surface area (Å²) in [6.07, 6.45) is 0. The average Bonchev–Trinajstić information content (AvgIpc) is 3.90. The lowest BCUT2D eigenvalue weighted by molar-refractivity contribution is 0.477. The molecule has 58 heavy (non-hydrogen) atoms. The molecular formula is C50H31N5O3. The van der Waals surface area contributed by atoms with Gasteiger partial charge in [-0.05, 0) is 109 Å². The predicted molar refractivity (Wildman–Crippen MR) is 230 cm³/mol. The molecule has 0 bridgehead atoms. The SMILES string of the molecule is c1ccc(N2c3ccccc3N(c3ccc(-c4nc5cc6oc(-c7ccc(N8c9ccccc9Oc9ccccc98)cc7)nc6cc5o4)cc3)c3ccccc32)cc1. The van der Waals surface area contributed by atoms with Crippen LogP contribution in [-0.2, 0) is 0 Å². The Bertz CT molecular complexity index is 3030. The Morgan fingerprint density at radius 1 is 0.328 bits per heavy atom. The fourth-order valence-corrected chi connectivity index (χ4v) is 8.16. The smallest absolute Gasteiger partial charge is 0.227 e. The van der Waals surface area contributed by atoms with Gasteiger partial charge in [0.05, 0.1) is 34.1 Å². The van der Waals surface area contributed by atoms with Crippen LogP contribution in [-0.4, -0.2) is 9.97 Å². The zero-order chi connectivity index (χ0) is 38.2. The second-order valence-electron chi connectivity index (χ2n) is 14.3. The van der Waals surface area contributed by atoms with Gasteiger partial charge in [0.1, 0.15) is 11.0 Å². The molecule has 0 amide bonds. The first-order valence-electron chi connectivity index (χ1n) is 19.1. The summed E-state index contributed by atoms with van der Waals surface area (Å²) in [4.78, 5) is 16.6. The summed E-state index contributed by atoms with van der Waals surface area (Å²) >= 11 is 0. The molecule has 2 aliphatic heterocycles. The fraction of sp³-hybridized carbons (Fsp3) is 0. The molecule has 8 nitrogen and oxygen atoms in total. The van der Waals surface area contributed by atoms with Crippen molar-refractivity contribution in [2.75, 3.05) is 14.7 Å². The minimum atomic E-state index is 0.528. The number of fused-ring (bicyclic) bond motifs is 6. The van der Waals surface area contributed by atoms with Crippen molar-refractivity contribution in [1.29, 1.82) is 0 Å². The van der Waals surface area contributed by atoms with Gasteiger partial charge in [0.25, 0.3) is 0 Å². The Morgan fingerprint density at radius 3 is 1.10 bits per heavy atom. The number of anilines is 9. The summed E-state index contributed by atoms with van der Waals surface area (Å²) in [5.74, 6) is 2.69. The summed E-state index contributed by atoms with van der Waals surface area (Å²) in [6, 6.07) is 64.1. The number of aromatic nitrogens is 2. The topological polar surface area (TPSA) is 71.0 Å². The molecule has 4 heterocycles. The molecule has 0 atom stereocenters. The molecule has 0 saturated heterocycles. The molecule has 10 aromatic rings. The van der Waals surface area contributed by atoms with Crippen molar-refractivity contribution < 1.29 is 13.6 Å². The molecule has 0 fully saturated rings. The maximum atomic E-state index is 6.35. The summed E-state index contributed by atoms with van der Waals surface area (Å²) < 4.78 is 18.9. The summed E-state index contributed by atoms with van der Waals surface area (Å²) in [7, 11) is 0. The predicted octanol–water partition coefficient (Wildman–Crippen LogP) is 14.1. The van der Waals surface area contributed by atoms with Crippen LogP contribution in [0.3, 0.4) is 0 Å². The van der Waals surface area contributed by atoms with Crippen molar-refractivity contribution in [3.8, 4) is 34.4 Å². The van der Waals surface area contributed by atoms with E-state index in [9.17, 15) is 0 Å². The van der Waals surface area contributed by atoms with E-state index in [1.807, 2.05) is 66.7 Å². The number of nitrogens with zero attached hydrogens (tertiary/aromatic N) is 5. The number of rotatable bonds is 5. The van der Waals surface area contributed by atoms with Crippen LogP contribution in [0.4, 0.5) is 51.2 Å². The van der Waals surface area contributed by atoms with Gasteiger partial charge < -0.3 is 28.3 Å². The van der Waals surface area contributed by atoms with Crippen LogP contribution in [0.2, 0.25) is 0 Å². The van der Waals surface area contributed by atoms with Crippen molar-refractivity contribution >= 4 is 73.4 Å². The Kier molecular flexibility index (Phi) is 7.06. The molecule has 0 spiro atoms. The highest BCUT2D eigenvalue weighted by Gasteiger charge is 2.30. The number of para-hydroxylation sites is 9. The van der Waals surface area contributed by atoms with E-state index in [4.69, 9.17) is 23.5 Å².